The Balaban J connectivity index is 0.00000256. The zero-order valence-electron chi connectivity index (χ0n) is 9.95. The molecule has 0 heterocycles. The van der Waals surface area contributed by atoms with E-state index < -0.39 is 10.1 Å². The van der Waals surface area contributed by atoms with Crippen LogP contribution in [0.25, 0.3) is 0 Å². The maximum atomic E-state index is 11.3. The fourth-order valence-electron chi connectivity index (χ4n) is 1.89. The second kappa shape index (κ2) is 7.10. The maximum absolute atomic E-state index is 11.3. The fourth-order valence-corrected chi connectivity index (χ4v) is 2.96. The molecule has 0 saturated heterocycles. The summed E-state index contributed by atoms with van der Waals surface area (Å²) in [6, 6.07) is 3.73. The van der Waals surface area contributed by atoms with Crippen molar-refractivity contribution in [2.75, 3.05) is 0 Å². The molecule has 0 unspecified atom stereocenters. The van der Waals surface area contributed by atoms with Crippen molar-refractivity contribution in [2.45, 2.75) is 44.9 Å². The Labute approximate surface area is 133 Å². The van der Waals surface area contributed by atoms with Crippen molar-refractivity contribution in [1.29, 1.82) is 0 Å². The van der Waals surface area contributed by atoms with Gasteiger partial charge in [0.2, 0.25) is 0 Å². The van der Waals surface area contributed by atoms with Crippen molar-refractivity contribution in [1.82, 2.24) is 0 Å². The molecule has 0 radical (unpaired) electrons. The monoisotopic (exact) mass is 284 g/mol. The summed E-state index contributed by atoms with van der Waals surface area (Å²) in [5, 5.41) is 0. The quantitative estimate of drug-likeness (QED) is 0.676. The van der Waals surface area contributed by atoms with Crippen LogP contribution in [0.1, 0.15) is 37.5 Å². The molecule has 5 heteroatoms. The van der Waals surface area contributed by atoms with E-state index in [4.69, 9.17) is 0 Å². The Hall–Kier alpha value is 0.390. The summed E-state index contributed by atoms with van der Waals surface area (Å²) < 4.78 is 31.9. The van der Waals surface area contributed by atoms with Crippen molar-refractivity contribution < 1.29 is 13.0 Å². The average Bonchev–Trinajstić information content (AvgIpc) is 2.25. The molecule has 0 aliphatic rings. The van der Waals surface area contributed by atoms with Gasteiger partial charge in [0.25, 0.3) is 10.1 Å². The van der Waals surface area contributed by atoms with Crippen LogP contribution < -0.4 is 0 Å². The zero-order valence-corrected chi connectivity index (χ0v) is 10.8. The molecule has 0 amide bonds. The van der Waals surface area contributed by atoms with Crippen LogP contribution in [-0.2, 0) is 29.4 Å². The van der Waals surface area contributed by atoms with Crippen LogP contribution in [0.4, 0.5) is 0 Å². The van der Waals surface area contributed by atoms with Gasteiger partial charge in [-0.3, -0.25) is 4.55 Å². The van der Waals surface area contributed by atoms with Crippen molar-refractivity contribution >= 4 is 47.9 Å². The predicted molar refractivity (Wildman–Crippen MR) is 72.9 cm³/mol. The molecule has 0 fully saturated rings. The van der Waals surface area contributed by atoms with E-state index in [2.05, 4.69) is 0 Å². The molecule has 1 aromatic carbocycles. The molecule has 1 N–H and O–H groups in total. The third-order valence-corrected chi connectivity index (χ3v) is 3.77. The standard InChI is InChI=1S/C12H18O3S.Ca.2H/c1-4-9-7-10(5-2)12(16(13,14)15)11(6-3)8-9;;;/h7-8H,4-6H2,1-3H3,(H,13,14,15);;;. The summed E-state index contributed by atoms with van der Waals surface area (Å²) in [5.74, 6) is 0. The Morgan fingerprint density at radius 3 is 1.65 bits per heavy atom. The Morgan fingerprint density at radius 2 is 1.41 bits per heavy atom. The van der Waals surface area contributed by atoms with Crippen LogP contribution in [0.5, 0.6) is 0 Å². The number of aryl methyl sites for hydroxylation is 3. The van der Waals surface area contributed by atoms with E-state index in [1.807, 2.05) is 32.9 Å². The van der Waals surface area contributed by atoms with Crippen LogP contribution in [-0.4, -0.2) is 50.7 Å². The molecule has 0 aromatic heterocycles. The van der Waals surface area contributed by atoms with Crippen LogP contribution in [0, 0.1) is 0 Å². The van der Waals surface area contributed by atoms with Gasteiger partial charge in [0.1, 0.15) is 4.90 Å². The van der Waals surface area contributed by atoms with E-state index >= 15 is 0 Å². The van der Waals surface area contributed by atoms with Crippen molar-refractivity contribution in [3.05, 3.63) is 28.8 Å². The molecule has 0 spiro atoms. The van der Waals surface area contributed by atoms with Gasteiger partial charge in [-0.25, -0.2) is 0 Å². The molecule has 0 atom stereocenters. The first-order valence-corrected chi connectivity index (χ1v) is 7.00. The zero-order chi connectivity index (χ0) is 12.3. The molecule has 0 aliphatic carbocycles. The van der Waals surface area contributed by atoms with Crippen LogP contribution >= 0.6 is 0 Å². The molecular weight excluding hydrogens is 264 g/mol. The molecule has 1 aromatic rings. The predicted octanol–water partition coefficient (Wildman–Crippen LogP) is 1.70. The van der Waals surface area contributed by atoms with Gasteiger partial charge in [-0.15, -0.1) is 0 Å². The summed E-state index contributed by atoms with van der Waals surface area (Å²) in [4.78, 5) is 0.106. The van der Waals surface area contributed by atoms with Crippen molar-refractivity contribution in [2.24, 2.45) is 0 Å². The molecule has 0 aliphatic heterocycles. The van der Waals surface area contributed by atoms with E-state index in [1.54, 1.807) is 0 Å². The topological polar surface area (TPSA) is 54.4 Å². The molecule has 0 saturated carbocycles. The molecule has 17 heavy (non-hydrogen) atoms. The first kappa shape index (κ1) is 17.4. The first-order valence-electron chi connectivity index (χ1n) is 5.56. The summed E-state index contributed by atoms with van der Waals surface area (Å²) in [6.07, 6.45) is 2.08. The van der Waals surface area contributed by atoms with E-state index in [0.29, 0.717) is 24.0 Å². The van der Waals surface area contributed by atoms with Gasteiger partial charge in [-0.1, -0.05) is 32.9 Å². The molecule has 3 nitrogen and oxygen atoms in total. The summed E-state index contributed by atoms with van der Waals surface area (Å²) >= 11 is 0. The van der Waals surface area contributed by atoms with Gasteiger partial charge < -0.3 is 0 Å². The van der Waals surface area contributed by atoms with E-state index in [9.17, 15) is 13.0 Å². The van der Waals surface area contributed by atoms with E-state index in [1.165, 1.54) is 0 Å². The number of hydrogen-bond donors (Lipinski definition) is 1. The Morgan fingerprint density at radius 1 is 1.00 bits per heavy atom. The summed E-state index contributed by atoms with van der Waals surface area (Å²) in [7, 11) is -4.11. The van der Waals surface area contributed by atoms with Gasteiger partial charge in [-0.2, -0.15) is 8.42 Å². The SMILES string of the molecule is CCc1cc(CC)c(S(=O)(=O)O)c(CC)c1.[CaH2]. The van der Waals surface area contributed by atoms with E-state index in [-0.39, 0.29) is 42.6 Å². The molecule has 94 valence electrons. The van der Waals surface area contributed by atoms with Crippen LogP contribution in [0.3, 0.4) is 0 Å². The third kappa shape index (κ3) is 4.21. The van der Waals surface area contributed by atoms with Crippen molar-refractivity contribution in [3.8, 4) is 0 Å². The summed E-state index contributed by atoms with van der Waals surface area (Å²) in [6.45, 7) is 5.81. The molecule has 1 rings (SSSR count). The Bertz CT molecular complexity index is 456. The van der Waals surface area contributed by atoms with Gasteiger partial charge in [0, 0.05) is 0 Å². The normalized spacial score (nSPS) is 11.1. The fraction of sp³-hybridized carbons (Fsp3) is 0.500. The summed E-state index contributed by atoms with van der Waals surface area (Å²) in [5.41, 5.74) is 2.53. The van der Waals surface area contributed by atoms with Gasteiger partial charge >= 0.3 is 37.7 Å². The minimum atomic E-state index is -4.11. The third-order valence-electron chi connectivity index (χ3n) is 2.73. The van der Waals surface area contributed by atoms with Crippen LogP contribution in [0.2, 0.25) is 0 Å². The number of rotatable bonds is 4. The number of hydrogen-bond acceptors (Lipinski definition) is 2. The second-order valence-electron chi connectivity index (χ2n) is 3.78. The van der Waals surface area contributed by atoms with Gasteiger partial charge in [-0.05, 0) is 36.0 Å². The second-order valence-corrected chi connectivity index (χ2v) is 5.14. The molecule has 0 bridgehead atoms. The van der Waals surface area contributed by atoms with E-state index in [0.717, 1.165) is 12.0 Å². The van der Waals surface area contributed by atoms with Crippen molar-refractivity contribution in [3.63, 3.8) is 0 Å². The first-order chi connectivity index (χ1) is 7.43. The minimum absolute atomic E-state index is 0. The number of benzene rings is 1. The van der Waals surface area contributed by atoms with Gasteiger partial charge in [0.05, 0.1) is 0 Å². The average molecular weight is 284 g/mol. The van der Waals surface area contributed by atoms with Gasteiger partial charge in [0.15, 0.2) is 0 Å². The van der Waals surface area contributed by atoms with Crippen LogP contribution in [0.15, 0.2) is 17.0 Å². The Kier molecular flexibility index (Phi) is 7.26. The molecular formula is C12H20CaO3S.